The number of ether oxygens (including phenoxy) is 1. The summed E-state index contributed by atoms with van der Waals surface area (Å²) in [5.74, 6) is -0.431. The molecule has 1 fully saturated rings. The van der Waals surface area contributed by atoms with Gasteiger partial charge in [0.15, 0.2) is 0 Å². The smallest absolute Gasteiger partial charge is 0.307 e. The first kappa shape index (κ1) is 13.4. The molecule has 1 aliphatic heterocycles. The molecule has 0 N–H and O–H groups in total. The summed E-state index contributed by atoms with van der Waals surface area (Å²) in [5.41, 5.74) is 0. The van der Waals surface area contributed by atoms with Crippen LogP contribution in [0.2, 0.25) is 0 Å². The van der Waals surface area contributed by atoms with Gasteiger partial charge in [-0.2, -0.15) is 0 Å². The summed E-state index contributed by atoms with van der Waals surface area (Å²) in [6.45, 7) is 5.88. The van der Waals surface area contributed by atoms with Gasteiger partial charge in [0, 0.05) is 6.04 Å². The fourth-order valence-corrected chi connectivity index (χ4v) is 3.18. The highest BCUT2D eigenvalue weighted by Crippen LogP contribution is 2.31. The normalized spacial score (nSPS) is 20.8. The topological polar surface area (TPSA) is 46.6 Å². The molecule has 0 aromatic rings. The molecule has 16 heavy (non-hydrogen) atoms. The van der Waals surface area contributed by atoms with Crippen LogP contribution >= 0.6 is 24.0 Å². The minimum absolute atomic E-state index is 0.0414. The molecule has 1 amide bonds. The van der Waals surface area contributed by atoms with Crippen molar-refractivity contribution < 1.29 is 14.3 Å². The number of thioether (sulfide) groups is 1. The van der Waals surface area contributed by atoms with Crippen molar-refractivity contribution in [1.82, 2.24) is 4.90 Å². The molecule has 0 aromatic carbocycles. The van der Waals surface area contributed by atoms with Gasteiger partial charge in [0.05, 0.1) is 13.0 Å². The molecule has 0 aromatic heterocycles. The zero-order chi connectivity index (χ0) is 12.3. The van der Waals surface area contributed by atoms with Crippen LogP contribution in [0.4, 0.5) is 0 Å². The van der Waals surface area contributed by atoms with Gasteiger partial charge < -0.3 is 4.74 Å². The van der Waals surface area contributed by atoms with Crippen molar-refractivity contribution in [2.24, 2.45) is 0 Å². The van der Waals surface area contributed by atoms with Crippen molar-refractivity contribution in [3.63, 3.8) is 0 Å². The molecule has 0 bridgehead atoms. The fourth-order valence-electron chi connectivity index (χ4n) is 1.44. The lowest BCUT2D eigenvalue weighted by Crippen LogP contribution is -2.37. The van der Waals surface area contributed by atoms with Crippen LogP contribution in [-0.4, -0.2) is 39.0 Å². The maximum absolute atomic E-state index is 11.9. The molecular formula is C10H15NO3S2. The second-order valence-corrected chi connectivity index (χ2v) is 5.52. The largest absolute Gasteiger partial charge is 0.466 e. The SMILES string of the molecule is CCOC(=O)CC1SC(=S)N(C(C)C)C1=O. The quantitative estimate of drug-likeness (QED) is 0.568. The molecule has 4 nitrogen and oxygen atoms in total. The number of amides is 1. The lowest BCUT2D eigenvalue weighted by atomic mass is 10.2. The van der Waals surface area contributed by atoms with E-state index in [1.165, 1.54) is 11.8 Å². The van der Waals surface area contributed by atoms with Crippen molar-refractivity contribution >= 4 is 40.2 Å². The molecule has 1 aliphatic rings. The third-order valence-electron chi connectivity index (χ3n) is 2.13. The molecule has 6 heteroatoms. The highest BCUT2D eigenvalue weighted by Gasteiger charge is 2.39. The van der Waals surface area contributed by atoms with Crippen LogP contribution in [0.3, 0.4) is 0 Å². The Morgan fingerprint density at radius 3 is 2.69 bits per heavy atom. The van der Waals surface area contributed by atoms with Gasteiger partial charge in [-0.25, -0.2) is 0 Å². The summed E-state index contributed by atoms with van der Waals surface area (Å²) in [5, 5.41) is -0.408. The number of carbonyl (C=O) groups excluding carboxylic acids is 2. The molecule has 1 unspecified atom stereocenters. The molecule has 1 atom stereocenters. The first-order valence-corrected chi connectivity index (χ1v) is 6.45. The van der Waals surface area contributed by atoms with E-state index in [0.29, 0.717) is 10.9 Å². The van der Waals surface area contributed by atoms with Crippen LogP contribution in [0.5, 0.6) is 0 Å². The van der Waals surface area contributed by atoms with E-state index in [0.717, 1.165) is 0 Å². The van der Waals surface area contributed by atoms with Gasteiger partial charge in [-0.15, -0.1) is 0 Å². The number of rotatable bonds is 4. The van der Waals surface area contributed by atoms with Crippen molar-refractivity contribution in [1.29, 1.82) is 0 Å². The van der Waals surface area contributed by atoms with E-state index in [4.69, 9.17) is 17.0 Å². The van der Waals surface area contributed by atoms with E-state index in [1.54, 1.807) is 11.8 Å². The molecule has 1 heterocycles. The highest BCUT2D eigenvalue weighted by molar-refractivity contribution is 8.24. The monoisotopic (exact) mass is 261 g/mol. The molecule has 0 radical (unpaired) electrons. The van der Waals surface area contributed by atoms with Crippen LogP contribution in [0.15, 0.2) is 0 Å². The summed E-state index contributed by atoms with van der Waals surface area (Å²) in [6, 6.07) is 0.0414. The van der Waals surface area contributed by atoms with Crippen LogP contribution in [0.25, 0.3) is 0 Å². The Morgan fingerprint density at radius 1 is 1.62 bits per heavy atom. The summed E-state index contributed by atoms with van der Waals surface area (Å²) in [7, 11) is 0. The lowest BCUT2D eigenvalue weighted by molar-refractivity contribution is -0.144. The summed E-state index contributed by atoms with van der Waals surface area (Å²) in [4.78, 5) is 24.7. The maximum Gasteiger partial charge on any atom is 0.307 e. The second-order valence-electron chi connectivity index (χ2n) is 3.68. The van der Waals surface area contributed by atoms with Gasteiger partial charge in [-0.05, 0) is 20.8 Å². The predicted octanol–water partition coefficient (Wildman–Crippen LogP) is 1.58. The highest BCUT2D eigenvalue weighted by atomic mass is 32.2. The molecule has 0 aliphatic carbocycles. The van der Waals surface area contributed by atoms with Gasteiger partial charge in [0.2, 0.25) is 5.91 Å². The Bertz CT molecular complexity index is 317. The summed E-state index contributed by atoms with van der Waals surface area (Å²) in [6.07, 6.45) is 0.0979. The summed E-state index contributed by atoms with van der Waals surface area (Å²) < 4.78 is 5.37. The number of esters is 1. The van der Waals surface area contributed by atoms with E-state index in [2.05, 4.69) is 0 Å². The molecule has 1 saturated heterocycles. The molecular weight excluding hydrogens is 246 g/mol. The van der Waals surface area contributed by atoms with E-state index in [1.807, 2.05) is 13.8 Å². The summed E-state index contributed by atoms with van der Waals surface area (Å²) >= 11 is 6.38. The molecule has 0 saturated carbocycles. The zero-order valence-corrected chi connectivity index (χ0v) is 11.2. The number of thiocarbonyl (C=S) groups is 1. The fraction of sp³-hybridized carbons (Fsp3) is 0.700. The van der Waals surface area contributed by atoms with Crippen molar-refractivity contribution in [2.75, 3.05) is 6.61 Å². The third kappa shape index (κ3) is 2.95. The first-order chi connectivity index (χ1) is 7.47. The minimum atomic E-state index is -0.408. The third-order valence-corrected chi connectivity index (χ3v) is 3.66. The molecule has 90 valence electrons. The Morgan fingerprint density at radius 2 is 2.25 bits per heavy atom. The zero-order valence-electron chi connectivity index (χ0n) is 9.56. The average molecular weight is 261 g/mol. The Balaban J connectivity index is 2.62. The van der Waals surface area contributed by atoms with Gasteiger partial charge in [0.25, 0.3) is 0 Å². The number of hydrogen-bond acceptors (Lipinski definition) is 5. The Kier molecular flexibility index (Phi) is 4.73. The van der Waals surface area contributed by atoms with Crippen LogP contribution in [0, 0.1) is 0 Å². The number of carbonyl (C=O) groups is 2. The van der Waals surface area contributed by atoms with Crippen LogP contribution in [-0.2, 0) is 14.3 Å². The van der Waals surface area contributed by atoms with Crippen LogP contribution in [0.1, 0.15) is 27.2 Å². The maximum atomic E-state index is 11.9. The van der Waals surface area contributed by atoms with E-state index in [-0.39, 0.29) is 24.3 Å². The second kappa shape index (κ2) is 5.63. The van der Waals surface area contributed by atoms with Gasteiger partial charge in [0.1, 0.15) is 9.57 Å². The van der Waals surface area contributed by atoms with Gasteiger partial charge in [-0.3, -0.25) is 14.5 Å². The van der Waals surface area contributed by atoms with Crippen molar-refractivity contribution in [3.05, 3.63) is 0 Å². The molecule has 1 rings (SSSR count). The average Bonchev–Trinajstić information content (AvgIpc) is 2.42. The molecule has 0 spiro atoms. The van der Waals surface area contributed by atoms with Gasteiger partial charge in [-0.1, -0.05) is 24.0 Å². The van der Waals surface area contributed by atoms with E-state index >= 15 is 0 Å². The van der Waals surface area contributed by atoms with Crippen LogP contribution < -0.4 is 0 Å². The Hall–Kier alpha value is -0.620. The van der Waals surface area contributed by atoms with Crippen molar-refractivity contribution in [2.45, 2.75) is 38.5 Å². The standard InChI is InChI=1S/C10H15NO3S2/c1-4-14-8(12)5-7-9(13)11(6(2)3)10(15)16-7/h6-7H,4-5H2,1-3H3. The number of nitrogens with zero attached hydrogens (tertiary/aromatic N) is 1. The van der Waals surface area contributed by atoms with Crippen molar-refractivity contribution in [3.8, 4) is 0 Å². The predicted molar refractivity (Wildman–Crippen MR) is 67.2 cm³/mol. The lowest BCUT2D eigenvalue weighted by Gasteiger charge is -2.19. The minimum Gasteiger partial charge on any atom is -0.466 e. The Labute approximate surface area is 105 Å². The van der Waals surface area contributed by atoms with E-state index in [9.17, 15) is 9.59 Å². The van der Waals surface area contributed by atoms with E-state index < -0.39 is 5.25 Å². The number of hydrogen-bond donors (Lipinski definition) is 0. The first-order valence-electron chi connectivity index (χ1n) is 5.16. The van der Waals surface area contributed by atoms with Gasteiger partial charge >= 0.3 is 5.97 Å².